The fourth-order valence-corrected chi connectivity index (χ4v) is 3.25. The Morgan fingerprint density at radius 3 is 2.35 bits per heavy atom. The minimum absolute atomic E-state index is 0.148. The van der Waals surface area contributed by atoms with Crippen LogP contribution in [0.5, 0.6) is 5.75 Å². The van der Waals surface area contributed by atoms with Gasteiger partial charge in [-0.15, -0.1) is 0 Å². The van der Waals surface area contributed by atoms with Crippen molar-refractivity contribution in [2.75, 3.05) is 6.61 Å². The molecule has 0 aromatic heterocycles. The standard InChI is InChI=1S/C15H25NO3S/c1-6-7-8-19-14-9-12(4)13(5)10-15(14)20(17,18)16-11(2)3/h9-11,16H,6-8H2,1-5H3. The van der Waals surface area contributed by atoms with E-state index in [0.29, 0.717) is 12.4 Å². The fraction of sp³-hybridized carbons (Fsp3) is 0.600. The van der Waals surface area contributed by atoms with Crippen molar-refractivity contribution in [3.63, 3.8) is 0 Å². The third kappa shape index (κ3) is 4.49. The summed E-state index contributed by atoms with van der Waals surface area (Å²) in [4.78, 5) is 0.227. The van der Waals surface area contributed by atoms with Crippen molar-refractivity contribution in [1.29, 1.82) is 0 Å². The fourth-order valence-electron chi connectivity index (χ4n) is 1.79. The highest BCUT2D eigenvalue weighted by atomic mass is 32.2. The summed E-state index contributed by atoms with van der Waals surface area (Å²) < 4.78 is 33.0. The van der Waals surface area contributed by atoms with E-state index in [9.17, 15) is 8.42 Å². The molecular weight excluding hydrogens is 274 g/mol. The number of ether oxygens (including phenoxy) is 1. The quantitative estimate of drug-likeness (QED) is 0.787. The minimum atomic E-state index is -3.54. The molecule has 0 aliphatic heterocycles. The van der Waals surface area contributed by atoms with Crippen molar-refractivity contribution in [3.05, 3.63) is 23.3 Å². The Kier molecular flexibility index (Phi) is 6.02. The van der Waals surface area contributed by atoms with E-state index in [2.05, 4.69) is 11.6 Å². The van der Waals surface area contributed by atoms with Crippen LogP contribution in [0.4, 0.5) is 0 Å². The highest BCUT2D eigenvalue weighted by Crippen LogP contribution is 2.28. The first-order valence-electron chi connectivity index (χ1n) is 7.04. The monoisotopic (exact) mass is 299 g/mol. The molecule has 0 aliphatic rings. The third-order valence-electron chi connectivity index (χ3n) is 3.00. The Bertz CT molecular complexity index is 550. The summed E-state index contributed by atoms with van der Waals surface area (Å²) in [6, 6.07) is 3.34. The van der Waals surface area contributed by atoms with Gasteiger partial charge in [-0.25, -0.2) is 13.1 Å². The predicted octanol–water partition coefficient (Wildman–Crippen LogP) is 3.17. The van der Waals surface area contributed by atoms with Crippen LogP contribution in [-0.4, -0.2) is 21.1 Å². The lowest BCUT2D eigenvalue weighted by atomic mass is 10.1. The molecule has 0 saturated heterocycles. The van der Waals surface area contributed by atoms with Crippen molar-refractivity contribution >= 4 is 10.0 Å². The van der Waals surface area contributed by atoms with Gasteiger partial charge >= 0.3 is 0 Å². The summed E-state index contributed by atoms with van der Waals surface area (Å²) in [5.74, 6) is 0.440. The van der Waals surface area contributed by atoms with Gasteiger partial charge in [0.15, 0.2) is 0 Å². The molecule has 1 rings (SSSR count). The number of rotatable bonds is 7. The Balaban J connectivity index is 3.18. The molecule has 1 aromatic carbocycles. The van der Waals surface area contributed by atoms with Gasteiger partial charge in [0.25, 0.3) is 0 Å². The topological polar surface area (TPSA) is 55.4 Å². The minimum Gasteiger partial charge on any atom is -0.492 e. The van der Waals surface area contributed by atoms with E-state index >= 15 is 0 Å². The first-order chi connectivity index (χ1) is 9.27. The van der Waals surface area contributed by atoms with Crippen LogP contribution in [0.15, 0.2) is 17.0 Å². The molecule has 0 radical (unpaired) electrons. The third-order valence-corrected chi connectivity index (χ3v) is 4.68. The Labute approximate surface area is 122 Å². The zero-order valence-corrected chi connectivity index (χ0v) is 13.8. The molecule has 0 saturated carbocycles. The van der Waals surface area contributed by atoms with Crippen molar-refractivity contribution in [1.82, 2.24) is 4.72 Å². The first kappa shape index (κ1) is 17.0. The van der Waals surface area contributed by atoms with Gasteiger partial charge in [0.2, 0.25) is 10.0 Å². The maximum absolute atomic E-state index is 12.4. The lowest BCUT2D eigenvalue weighted by Gasteiger charge is -2.16. The lowest BCUT2D eigenvalue weighted by Crippen LogP contribution is -2.30. The SMILES string of the molecule is CCCCOc1cc(C)c(C)cc1S(=O)(=O)NC(C)C. The molecule has 1 aromatic rings. The van der Waals surface area contributed by atoms with Crippen LogP contribution in [-0.2, 0) is 10.0 Å². The normalized spacial score (nSPS) is 11.9. The number of aryl methyl sites for hydroxylation is 2. The second-order valence-corrected chi connectivity index (χ2v) is 7.04. The molecule has 0 amide bonds. The van der Waals surface area contributed by atoms with Gasteiger partial charge in [-0.05, 0) is 57.4 Å². The molecule has 1 N–H and O–H groups in total. The largest absolute Gasteiger partial charge is 0.492 e. The van der Waals surface area contributed by atoms with Crippen molar-refractivity contribution in [3.8, 4) is 5.75 Å². The van der Waals surface area contributed by atoms with Crippen LogP contribution in [0.1, 0.15) is 44.7 Å². The molecule has 0 atom stereocenters. The molecule has 5 heteroatoms. The zero-order chi connectivity index (χ0) is 15.3. The predicted molar refractivity (Wildman–Crippen MR) is 81.8 cm³/mol. The average molecular weight is 299 g/mol. The van der Waals surface area contributed by atoms with Gasteiger partial charge < -0.3 is 4.74 Å². The number of benzene rings is 1. The molecule has 0 fully saturated rings. The summed E-state index contributed by atoms with van der Waals surface area (Å²) >= 11 is 0. The second-order valence-electron chi connectivity index (χ2n) is 5.36. The highest BCUT2D eigenvalue weighted by Gasteiger charge is 2.21. The average Bonchev–Trinajstić information content (AvgIpc) is 2.31. The van der Waals surface area contributed by atoms with Crippen LogP contribution < -0.4 is 9.46 Å². The van der Waals surface area contributed by atoms with Gasteiger partial charge in [0, 0.05) is 6.04 Å². The maximum Gasteiger partial charge on any atom is 0.244 e. The zero-order valence-electron chi connectivity index (χ0n) is 13.0. The van der Waals surface area contributed by atoms with Crippen LogP contribution in [0, 0.1) is 13.8 Å². The van der Waals surface area contributed by atoms with E-state index in [1.807, 2.05) is 13.8 Å². The van der Waals surface area contributed by atoms with E-state index in [4.69, 9.17) is 4.74 Å². The van der Waals surface area contributed by atoms with Crippen molar-refractivity contribution in [2.24, 2.45) is 0 Å². The number of hydrogen-bond donors (Lipinski definition) is 1. The van der Waals surface area contributed by atoms with Crippen LogP contribution in [0.2, 0.25) is 0 Å². The summed E-state index contributed by atoms with van der Waals surface area (Å²) in [6.07, 6.45) is 1.92. The van der Waals surface area contributed by atoms with Crippen LogP contribution in [0.25, 0.3) is 0 Å². The van der Waals surface area contributed by atoms with Crippen molar-refractivity contribution in [2.45, 2.75) is 58.4 Å². The molecular formula is C15H25NO3S. The molecule has 0 heterocycles. The summed E-state index contributed by atoms with van der Waals surface area (Å²) in [5.41, 5.74) is 1.97. The Hall–Kier alpha value is -1.07. The molecule has 0 bridgehead atoms. The highest BCUT2D eigenvalue weighted by molar-refractivity contribution is 7.89. The number of unbranched alkanes of at least 4 members (excludes halogenated alkanes) is 1. The van der Waals surface area contributed by atoms with Gasteiger partial charge in [0.1, 0.15) is 10.6 Å². The van der Waals surface area contributed by atoms with Gasteiger partial charge in [-0.2, -0.15) is 0 Å². The number of nitrogens with one attached hydrogen (secondary N) is 1. The number of sulfonamides is 1. The maximum atomic E-state index is 12.4. The first-order valence-corrected chi connectivity index (χ1v) is 8.52. The number of hydrogen-bond acceptors (Lipinski definition) is 3. The molecule has 0 aliphatic carbocycles. The van der Waals surface area contributed by atoms with Crippen LogP contribution in [0.3, 0.4) is 0 Å². The molecule has 0 unspecified atom stereocenters. The molecule has 114 valence electrons. The lowest BCUT2D eigenvalue weighted by molar-refractivity contribution is 0.301. The smallest absolute Gasteiger partial charge is 0.244 e. The van der Waals surface area contributed by atoms with Gasteiger partial charge in [-0.3, -0.25) is 0 Å². The molecule has 4 nitrogen and oxygen atoms in total. The van der Waals surface area contributed by atoms with E-state index in [0.717, 1.165) is 24.0 Å². The van der Waals surface area contributed by atoms with E-state index in [1.165, 1.54) is 0 Å². The molecule has 0 spiro atoms. The summed E-state index contributed by atoms with van der Waals surface area (Å²) in [7, 11) is -3.54. The Morgan fingerprint density at radius 2 is 1.80 bits per heavy atom. The Morgan fingerprint density at radius 1 is 1.20 bits per heavy atom. The van der Waals surface area contributed by atoms with Crippen LogP contribution >= 0.6 is 0 Å². The van der Waals surface area contributed by atoms with E-state index < -0.39 is 10.0 Å². The summed E-state index contributed by atoms with van der Waals surface area (Å²) in [5, 5.41) is 0. The van der Waals surface area contributed by atoms with Gasteiger partial charge in [0.05, 0.1) is 6.61 Å². The van der Waals surface area contributed by atoms with Crippen molar-refractivity contribution < 1.29 is 13.2 Å². The second kappa shape index (κ2) is 7.09. The molecule has 20 heavy (non-hydrogen) atoms. The van der Waals surface area contributed by atoms with E-state index in [1.54, 1.807) is 26.0 Å². The summed E-state index contributed by atoms with van der Waals surface area (Å²) in [6.45, 7) is 10.1. The van der Waals surface area contributed by atoms with Gasteiger partial charge in [-0.1, -0.05) is 13.3 Å². The van der Waals surface area contributed by atoms with E-state index in [-0.39, 0.29) is 10.9 Å².